The Balaban J connectivity index is 2.05. The lowest BCUT2D eigenvalue weighted by molar-refractivity contribution is -0.143. The number of carbonyl (C=O) groups excluding carboxylic acids is 1. The number of pyridine rings is 1. The van der Waals surface area contributed by atoms with E-state index < -0.39 is 17.9 Å². The number of aliphatic carboxylic acids is 1. The molecule has 29 heavy (non-hydrogen) atoms. The van der Waals surface area contributed by atoms with Crippen molar-refractivity contribution >= 4 is 17.5 Å². The molecule has 2 aromatic heterocycles. The van der Waals surface area contributed by atoms with Crippen molar-refractivity contribution in [2.24, 2.45) is 5.92 Å². The Morgan fingerprint density at radius 3 is 2.55 bits per heavy atom. The van der Waals surface area contributed by atoms with Crippen LogP contribution in [0.3, 0.4) is 0 Å². The first-order chi connectivity index (χ1) is 13.7. The maximum atomic E-state index is 13.7. The van der Waals surface area contributed by atoms with Crippen LogP contribution in [0.2, 0.25) is 0 Å². The highest BCUT2D eigenvalue weighted by Gasteiger charge is 2.25. The van der Waals surface area contributed by atoms with Crippen molar-refractivity contribution in [1.82, 2.24) is 14.7 Å². The lowest BCUT2D eigenvalue weighted by Crippen LogP contribution is -2.45. The number of benzene rings is 1. The fourth-order valence-electron chi connectivity index (χ4n) is 3.28. The van der Waals surface area contributed by atoms with Gasteiger partial charge in [-0.25, -0.2) is 14.2 Å². The first kappa shape index (κ1) is 20.5. The molecule has 0 aliphatic carbocycles. The largest absolute Gasteiger partial charge is 0.480 e. The molecule has 1 atom stereocenters. The van der Waals surface area contributed by atoms with Gasteiger partial charge in [-0.2, -0.15) is 0 Å². The van der Waals surface area contributed by atoms with Crippen molar-refractivity contribution in [3.63, 3.8) is 0 Å². The molecule has 0 aliphatic rings. The quantitative estimate of drug-likeness (QED) is 0.667. The van der Waals surface area contributed by atoms with Crippen LogP contribution >= 0.6 is 0 Å². The zero-order valence-corrected chi connectivity index (χ0v) is 16.9. The summed E-state index contributed by atoms with van der Waals surface area (Å²) in [7, 11) is 0. The molecule has 1 unspecified atom stereocenters. The molecule has 152 valence electrons. The fraction of sp³-hybridized carbons (Fsp3) is 0.318. The molecular formula is C22H24FN3O3. The van der Waals surface area contributed by atoms with Crippen molar-refractivity contribution in [2.75, 3.05) is 0 Å². The van der Waals surface area contributed by atoms with Crippen LogP contribution in [0.5, 0.6) is 0 Å². The fourth-order valence-corrected chi connectivity index (χ4v) is 3.28. The Kier molecular flexibility index (Phi) is 5.68. The summed E-state index contributed by atoms with van der Waals surface area (Å²) < 4.78 is 15.6. The van der Waals surface area contributed by atoms with Crippen LogP contribution in [0.4, 0.5) is 4.39 Å². The highest BCUT2D eigenvalue weighted by Crippen LogP contribution is 2.27. The Morgan fingerprint density at radius 1 is 1.21 bits per heavy atom. The second-order valence-electron chi connectivity index (χ2n) is 7.61. The molecule has 1 amide bonds. The lowest BCUT2D eigenvalue weighted by atomic mass is 10.0. The number of carboxylic acid groups (broad SMARTS) is 1. The van der Waals surface area contributed by atoms with E-state index in [1.807, 2.05) is 29.7 Å². The summed E-state index contributed by atoms with van der Waals surface area (Å²) in [6, 6.07) is 7.50. The number of imidazole rings is 1. The van der Waals surface area contributed by atoms with Gasteiger partial charge in [-0.15, -0.1) is 0 Å². The van der Waals surface area contributed by atoms with Gasteiger partial charge in [0, 0.05) is 11.8 Å². The van der Waals surface area contributed by atoms with Crippen molar-refractivity contribution in [3.05, 3.63) is 59.2 Å². The molecule has 0 fully saturated rings. The zero-order chi connectivity index (χ0) is 21.3. The second kappa shape index (κ2) is 8.03. The molecule has 0 saturated heterocycles. The average molecular weight is 397 g/mol. The third-order valence-electron chi connectivity index (χ3n) is 4.87. The molecule has 0 radical (unpaired) electrons. The van der Waals surface area contributed by atoms with E-state index in [-0.39, 0.29) is 18.2 Å². The predicted molar refractivity (Wildman–Crippen MR) is 108 cm³/mol. The molecular weight excluding hydrogens is 373 g/mol. The molecule has 0 bridgehead atoms. The third-order valence-corrected chi connectivity index (χ3v) is 4.87. The van der Waals surface area contributed by atoms with Crippen molar-refractivity contribution in [3.8, 4) is 11.3 Å². The minimum absolute atomic E-state index is 0.0487. The highest BCUT2D eigenvalue weighted by molar-refractivity contribution is 5.86. The van der Waals surface area contributed by atoms with E-state index in [0.717, 1.165) is 5.56 Å². The topological polar surface area (TPSA) is 83.7 Å². The monoisotopic (exact) mass is 397 g/mol. The summed E-state index contributed by atoms with van der Waals surface area (Å²) in [5.74, 6) is -2.04. The molecule has 7 heteroatoms. The Morgan fingerprint density at radius 2 is 1.93 bits per heavy atom. The van der Waals surface area contributed by atoms with Gasteiger partial charge in [0.1, 0.15) is 17.5 Å². The Bertz CT molecular complexity index is 1090. The van der Waals surface area contributed by atoms with Crippen LogP contribution < -0.4 is 5.32 Å². The van der Waals surface area contributed by atoms with Gasteiger partial charge in [0.05, 0.1) is 17.8 Å². The molecule has 6 nitrogen and oxygen atoms in total. The zero-order valence-electron chi connectivity index (χ0n) is 16.9. The van der Waals surface area contributed by atoms with E-state index in [1.54, 1.807) is 32.9 Å². The van der Waals surface area contributed by atoms with Crippen molar-refractivity contribution in [2.45, 2.75) is 40.2 Å². The number of nitrogens with one attached hydrogen (secondary N) is 1. The Hall–Kier alpha value is -3.22. The van der Waals surface area contributed by atoms with E-state index in [9.17, 15) is 19.1 Å². The normalized spacial score (nSPS) is 12.3. The standard InChI is InChI=1S/C22H24FN3O3/c1-12(2)20(22(28)29)25-19(27)10-17-21(15-6-7-16(23)14(4)9-15)24-18-8-5-13(3)11-26(17)18/h5-9,11-12,20H,10H2,1-4H3,(H,25,27)(H,28,29). The first-order valence-corrected chi connectivity index (χ1v) is 9.43. The molecule has 3 rings (SSSR count). The van der Waals surface area contributed by atoms with Crippen molar-refractivity contribution in [1.29, 1.82) is 0 Å². The smallest absolute Gasteiger partial charge is 0.326 e. The molecule has 2 N–H and O–H groups in total. The maximum absolute atomic E-state index is 13.7. The van der Waals surface area contributed by atoms with E-state index in [1.165, 1.54) is 6.07 Å². The molecule has 0 spiro atoms. The first-order valence-electron chi connectivity index (χ1n) is 9.43. The number of nitrogens with zero attached hydrogens (tertiary/aromatic N) is 2. The second-order valence-corrected chi connectivity index (χ2v) is 7.61. The molecule has 3 aromatic rings. The summed E-state index contributed by atoms with van der Waals surface area (Å²) in [4.78, 5) is 28.8. The van der Waals surface area contributed by atoms with Crippen LogP contribution in [0.1, 0.15) is 30.7 Å². The number of halogens is 1. The number of aryl methyl sites for hydroxylation is 2. The van der Waals surface area contributed by atoms with Crippen LogP contribution in [0.25, 0.3) is 16.9 Å². The van der Waals surface area contributed by atoms with E-state index in [4.69, 9.17) is 0 Å². The Labute approximate surface area is 168 Å². The number of fused-ring (bicyclic) bond motifs is 1. The number of hydrogen-bond acceptors (Lipinski definition) is 3. The van der Waals surface area contributed by atoms with Gasteiger partial charge in [-0.1, -0.05) is 19.9 Å². The van der Waals surface area contributed by atoms with Gasteiger partial charge in [0.15, 0.2) is 0 Å². The van der Waals surface area contributed by atoms with Gasteiger partial charge in [-0.3, -0.25) is 4.79 Å². The van der Waals surface area contributed by atoms with Crippen molar-refractivity contribution < 1.29 is 19.1 Å². The van der Waals surface area contributed by atoms with Gasteiger partial charge in [0.25, 0.3) is 0 Å². The average Bonchev–Trinajstić information content (AvgIpc) is 2.99. The highest BCUT2D eigenvalue weighted by atomic mass is 19.1. The number of aromatic nitrogens is 2. The minimum Gasteiger partial charge on any atom is -0.480 e. The van der Waals surface area contributed by atoms with Crippen LogP contribution in [-0.2, 0) is 16.0 Å². The summed E-state index contributed by atoms with van der Waals surface area (Å²) in [5, 5.41) is 11.9. The molecule has 1 aromatic carbocycles. The molecule has 0 saturated carbocycles. The summed E-state index contributed by atoms with van der Waals surface area (Å²) in [5.41, 5.74) is 4.03. The molecule has 0 aliphatic heterocycles. The lowest BCUT2D eigenvalue weighted by Gasteiger charge is -2.18. The van der Waals surface area contributed by atoms with E-state index >= 15 is 0 Å². The van der Waals surface area contributed by atoms with E-state index in [2.05, 4.69) is 10.3 Å². The van der Waals surface area contributed by atoms with Gasteiger partial charge in [-0.05, 0) is 55.2 Å². The molecule has 2 heterocycles. The van der Waals surface area contributed by atoms with E-state index in [0.29, 0.717) is 28.2 Å². The minimum atomic E-state index is -1.07. The van der Waals surface area contributed by atoms with Crippen LogP contribution in [0.15, 0.2) is 36.5 Å². The number of amides is 1. The maximum Gasteiger partial charge on any atom is 0.326 e. The van der Waals surface area contributed by atoms with Gasteiger partial charge >= 0.3 is 5.97 Å². The van der Waals surface area contributed by atoms with Crippen LogP contribution in [-0.4, -0.2) is 32.4 Å². The number of rotatable bonds is 6. The van der Waals surface area contributed by atoms with Gasteiger partial charge < -0.3 is 14.8 Å². The number of hydrogen-bond donors (Lipinski definition) is 2. The van der Waals surface area contributed by atoms with Gasteiger partial charge in [0.2, 0.25) is 5.91 Å². The summed E-state index contributed by atoms with van der Waals surface area (Å²) in [6.07, 6.45) is 1.83. The van der Waals surface area contributed by atoms with Crippen LogP contribution in [0, 0.1) is 25.6 Å². The third kappa shape index (κ3) is 4.29. The summed E-state index contributed by atoms with van der Waals surface area (Å²) >= 11 is 0. The number of carboxylic acids is 1. The predicted octanol–water partition coefficient (Wildman–Crippen LogP) is 3.53. The SMILES string of the molecule is Cc1ccc2nc(-c3ccc(F)c(C)c3)c(CC(=O)NC(C(=O)O)C(C)C)n2c1. The number of carbonyl (C=O) groups is 2. The summed E-state index contributed by atoms with van der Waals surface area (Å²) in [6.45, 7) is 7.09.